The molecule has 2 amide bonds. The molecule has 1 aromatic rings. The number of benzene rings is 1. The predicted molar refractivity (Wildman–Crippen MR) is 91.9 cm³/mol. The third-order valence-electron chi connectivity index (χ3n) is 5.12. The van der Waals surface area contributed by atoms with Gasteiger partial charge < -0.3 is 15.0 Å². The topological polar surface area (TPSA) is 58.6 Å². The van der Waals surface area contributed by atoms with Crippen LogP contribution in [0.4, 0.5) is 13.2 Å². The number of halogens is 3. The minimum atomic E-state index is -2.89. The first-order valence-corrected chi connectivity index (χ1v) is 9.11. The number of ether oxygens (including phenoxy) is 1. The van der Waals surface area contributed by atoms with Gasteiger partial charge in [-0.2, -0.15) is 0 Å². The number of hydrogen-bond donors (Lipinski definition) is 1. The van der Waals surface area contributed by atoms with E-state index in [0.29, 0.717) is 19.4 Å². The van der Waals surface area contributed by atoms with Crippen LogP contribution in [0.5, 0.6) is 5.75 Å². The highest BCUT2D eigenvalue weighted by Crippen LogP contribution is 2.33. The van der Waals surface area contributed by atoms with E-state index in [2.05, 4.69) is 5.32 Å². The largest absolute Gasteiger partial charge is 0.494 e. The minimum absolute atomic E-state index is 0.0293. The zero-order valence-corrected chi connectivity index (χ0v) is 15.1. The van der Waals surface area contributed by atoms with Crippen molar-refractivity contribution in [3.05, 3.63) is 29.6 Å². The summed E-state index contributed by atoms with van der Waals surface area (Å²) >= 11 is 0. The molecule has 3 rings (SSSR count). The molecule has 1 saturated carbocycles. The van der Waals surface area contributed by atoms with Crippen molar-refractivity contribution < 1.29 is 27.5 Å². The average Bonchev–Trinajstić information content (AvgIpc) is 3.50. The lowest BCUT2D eigenvalue weighted by Crippen LogP contribution is -2.47. The Hall–Kier alpha value is -2.25. The molecule has 1 N–H and O–H groups in total. The van der Waals surface area contributed by atoms with Gasteiger partial charge in [0.2, 0.25) is 11.8 Å². The van der Waals surface area contributed by atoms with Crippen LogP contribution in [0, 0.1) is 17.7 Å². The molecule has 1 aromatic carbocycles. The number of rotatable bonds is 6. The highest BCUT2D eigenvalue weighted by Gasteiger charge is 2.37. The van der Waals surface area contributed by atoms with Gasteiger partial charge in [0.25, 0.3) is 6.43 Å². The van der Waals surface area contributed by atoms with Crippen molar-refractivity contribution in [1.82, 2.24) is 10.2 Å². The molecule has 0 bridgehead atoms. The van der Waals surface area contributed by atoms with Crippen LogP contribution < -0.4 is 10.1 Å². The fourth-order valence-electron chi connectivity index (χ4n) is 3.42. The molecule has 8 heteroatoms. The molecule has 2 aliphatic rings. The smallest absolute Gasteiger partial charge is 0.262 e. The van der Waals surface area contributed by atoms with Crippen molar-refractivity contribution in [3.63, 3.8) is 0 Å². The molecule has 2 atom stereocenters. The molecule has 5 nitrogen and oxygen atoms in total. The van der Waals surface area contributed by atoms with E-state index in [4.69, 9.17) is 4.74 Å². The van der Waals surface area contributed by atoms with E-state index in [1.165, 1.54) is 19.2 Å². The Labute approximate surface area is 155 Å². The second kappa shape index (κ2) is 8.19. The first-order valence-electron chi connectivity index (χ1n) is 9.11. The summed E-state index contributed by atoms with van der Waals surface area (Å²) in [6.07, 6.45) is 0.0561. The summed E-state index contributed by atoms with van der Waals surface area (Å²) in [6.45, 7) is 0.842. The summed E-state index contributed by atoms with van der Waals surface area (Å²) in [6, 6.07) is 1.89. The van der Waals surface area contributed by atoms with Gasteiger partial charge in [0.15, 0.2) is 11.6 Å². The molecule has 1 aliphatic carbocycles. The highest BCUT2D eigenvalue weighted by molar-refractivity contribution is 5.83. The van der Waals surface area contributed by atoms with Gasteiger partial charge in [-0.15, -0.1) is 0 Å². The average molecular weight is 384 g/mol. The number of hydrogen-bond acceptors (Lipinski definition) is 3. The summed E-state index contributed by atoms with van der Waals surface area (Å²) in [4.78, 5) is 26.4. The standard InChI is InChI=1S/C19H23F3N2O3/c1-27-15-7-6-12(9-14(15)20)16(17(21)22)23-18(25)13-3-2-8-24(10-13)19(26)11-4-5-11/h6-7,9,11,13,16-17H,2-5,8,10H2,1H3,(H,23,25)/t13-,16-/m1/s1. The fraction of sp³-hybridized carbons (Fsp3) is 0.579. The molecule has 1 saturated heterocycles. The van der Waals surface area contributed by atoms with Gasteiger partial charge >= 0.3 is 0 Å². The van der Waals surface area contributed by atoms with Crippen LogP contribution in [0.1, 0.15) is 37.3 Å². The van der Waals surface area contributed by atoms with Crippen LogP contribution >= 0.6 is 0 Å². The maximum Gasteiger partial charge on any atom is 0.262 e. The van der Waals surface area contributed by atoms with Crippen molar-refractivity contribution in [3.8, 4) is 5.75 Å². The van der Waals surface area contributed by atoms with Gasteiger partial charge in [-0.25, -0.2) is 13.2 Å². The van der Waals surface area contributed by atoms with Crippen molar-refractivity contribution in [1.29, 1.82) is 0 Å². The molecule has 148 valence electrons. The van der Waals surface area contributed by atoms with Gasteiger partial charge in [-0.1, -0.05) is 6.07 Å². The van der Waals surface area contributed by atoms with Crippen molar-refractivity contribution in [2.24, 2.45) is 11.8 Å². The lowest BCUT2D eigenvalue weighted by molar-refractivity contribution is -0.137. The molecule has 1 heterocycles. The quantitative estimate of drug-likeness (QED) is 0.821. The third-order valence-corrected chi connectivity index (χ3v) is 5.12. The van der Waals surface area contributed by atoms with Crippen molar-refractivity contribution >= 4 is 11.8 Å². The number of nitrogens with one attached hydrogen (secondary N) is 1. The van der Waals surface area contributed by atoms with Gasteiger partial charge in [0, 0.05) is 19.0 Å². The second-order valence-corrected chi connectivity index (χ2v) is 7.11. The summed E-state index contributed by atoms with van der Waals surface area (Å²) in [5.41, 5.74) is -0.0293. The monoisotopic (exact) mass is 384 g/mol. The molecule has 2 fully saturated rings. The second-order valence-electron chi connectivity index (χ2n) is 7.11. The van der Waals surface area contributed by atoms with Crippen LogP contribution in [0.15, 0.2) is 18.2 Å². The molecule has 0 aromatic heterocycles. The number of methoxy groups -OCH3 is 1. The van der Waals surface area contributed by atoms with Gasteiger partial charge in [-0.3, -0.25) is 9.59 Å². The number of carbonyl (C=O) groups is 2. The number of carbonyl (C=O) groups excluding carboxylic acids is 2. The maximum atomic E-state index is 13.9. The minimum Gasteiger partial charge on any atom is -0.494 e. The first kappa shape index (κ1) is 19.5. The number of nitrogens with zero attached hydrogens (tertiary/aromatic N) is 1. The number of piperidine rings is 1. The predicted octanol–water partition coefficient (Wildman–Crippen LogP) is 2.91. The van der Waals surface area contributed by atoms with E-state index in [-0.39, 0.29) is 29.7 Å². The molecule has 0 unspecified atom stereocenters. The van der Waals surface area contributed by atoms with Crippen LogP contribution in [0.2, 0.25) is 0 Å². The Morgan fingerprint density at radius 2 is 1.96 bits per heavy atom. The molecule has 27 heavy (non-hydrogen) atoms. The Morgan fingerprint density at radius 3 is 2.56 bits per heavy atom. The lowest BCUT2D eigenvalue weighted by Gasteiger charge is -2.33. The summed E-state index contributed by atoms with van der Waals surface area (Å²) < 4.78 is 45.7. The number of amides is 2. The molecule has 0 radical (unpaired) electrons. The highest BCUT2D eigenvalue weighted by atomic mass is 19.3. The van der Waals surface area contributed by atoms with E-state index >= 15 is 0 Å². The SMILES string of the molecule is COc1ccc([C@@H](NC(=O)[C@@H]2CCCN(C(=O)C3CC3)C2)C(F)F)cc1F. The van der Waals surface area contributed by atoms with Crippen LogP contribution in [-0.2, 0) is 9.59 Å². The van der Waals surface area contributed by atoms with E-state index in [9.17, 15) is 22.8 Å². The summed E-state index contributed by atoms with van der Waals surface area (Å²) in [7, 11) is 1.28. The van der Waals surface area contributed by atoms with Gasteiger partial charge in [0.05, 0.1) is 13.0 Å². The van der Waals surface area contributed by atoms with Crippen LogP contribution in [-0.4, -0.2) is 43.3 Å². The Morgan fingerprint density at radius 1 is 1.22 bits per heavy atom. The lowest BCUT2D eigenvalue weighted by atomic mass is 9.95. The van der Waals surface area contributed by atoms with Crippen LogP contribution in [0.3, 0.4) is 0 Å². The van der Waals surface area contributed by atoms with Crippen LogP contribution in [0.25, 0.3) is 0 Å². The Kier molecular flexibility index (Phi) is 5.92. The zero-order valence-electron chi connectivity index (χ0n) is 15.1. The normalized spacial score (nSPS) is 21.1. The van der Waals surface area contributed by atoms with Crippen molar-refractivity contribution in [2.45, 2.75) is 38.2 Å². The third kappa shape index (κ3) is 4.54. The van der Waals surface area contributed by atoms with Gasteiger partial charge in [0.1, 0.15) is 6.04 Å². The molecule has 1 aliphatic heterocycles. The number of alkyl halides is 2. The molecule has 0 spiro atoms. The van der Waals surface area contributed by atoms with E-state index in [1.54, 1.807) is 4.90 Å². The van der Waals surface area contributed by atoms with E-state index in [1.807, 2.05) is 0 Å². The fourth-order valence-corrected chi connectivity index (χ4v) is 3.42. The Bertz CT molecular complexity index is 709. The zero-order chi connectivity index (χ0) is 19.6. The summed E-state index contributed by atoms with van der Waals surface area (Å²) in [5.74, 6) is -1.79. The molecular weight excluding hydrogens is 361 g/mol. The summed E-state index contributed by atoms with van der Waals surface area (Å²) in [5, 5.41) is 2.34. The van der Waals surface area contributed by atoms with E-state index in [0.717, 1.165) is 18.9 Å². The number of likely N-dealkylation sites (tertiary alicyclic amines) is 1. The Balaban J connectivity index is 1.67. The van der Waals surface area contributed by atoms with Crippen molar-refractivity contribution in [2.75, 3.05) is 20.2 Å². The van der Waals surface area contributed by atoms with Gasteiger partial charge in [-0.05, 0) is 43.4 Å². The van der Waals surface area contributed by atoms with E-state index < -0.39 is 30.1 Å². The first-order chi connectivity index (χ1) is 12.9. The maximum absolute atomic E-state index is 13.9. The molecular formula is C19H23F3N2O3.